The van der Waals surface area contributed by atoms with Gasteiger partial charge in [-0.1, -0.05) is 0 Å². The molecular weight excluding hydrogens is 310 g/mol. The Bertz CT molecular complexity index is 668. The van der Waals surface area contributed by atoms with Crippen molar-refractivity contribution in [1.82, 2.24) is 9.80 Å². The Morgan fingerprint density at radius 2 is 1.88 bits per heavy atom. The van der Waals surface area contributed by atoms with Crippen LogP contribution in [0.1, 0.15) is 40.0 Å². The van der Waals surface area contributed by atoms with E-state index >= 15 is 0 Å². The lowest BCUT2D eigenvalue weighted by Crippen LogP contribution is -2.32. The molecule has 0 unspecified atom stereocenters. The third-order valence-corrected chi connectivity index (χ3v) is 4.35. The van der Waals surface area contributed by atoms with E-state index in [0.29, 0.717) is 36.4 Å². The molecule has 2 aliphatic rings. The van der Waals surface area contributed by atoms with Gasteiger partial charge in [-0.15, -0.1) is 0 Å². The molecule has 0 aromatic heterocycles. The number of ether oxygens (including phenoxy) is 1. The fraction of sp³-hybridized carbons (Fsp3) is 0.471. The summed E-state index contributed by atoms with van der Waals surface area (Å²) in [6.45, 7) is 2.32. The van der Waals surface area contributed by atoms with Crippen molar-refractivity contribution in [3.8, 4) is 0 Å². The molecule has 2 heterocycles. The van der Waals surface area contributed by atoms with Gasteiger partial charge in [-0.3, -0.25) is 14.5 Å². The number of imide groups is 1. The zero-order valence-corrected chi connectivity index (χ0v) is 13.7. The van der Waals surface area contributed by atoms with Crippen LogP contribution in [-0.4, -0.2) is 61.0 Å². The van der Waals surface area contributed by atoms with Crippen LogP contribution in [0.15, 0.2) is 18.2 Å². The highest BCUT2D eigenvalue weighted by atomic mass is 16.5. The summed E-state index contributed by atoms with van der Waals surface area (Å²) in [7, 11) is 1.58. The summed E-state index contributed by atoms with van der Waals surface area (Å²) in [5.41, 5.74) is 1.26. The van der Waals surface area contributed by atoms with Crippen molar-refractivity contribution in [2.75, 3.05) is 38.7 Å². The number of anilines is 1. The number of nitrogens with one attached hydrogen (secondary N) is 1. The van der Waals surface area contributed by atoms with E-state index < -0.39 is 0 Å². The number of hydrogen-bond acceptors (Lipinski definition) is 4. The second-order valence-electron chi connectivity index (χ2n) is 5.99. The van der Waals surface area contributed by atoms with Crippen LogP contribution in [0.25, 0.3) is 0 Å². The van der Waals surface area contributed by atoms with Crippen molar-refractivity contribution in [3.05, 3.63) is 29.3 Å². The van der Waals surface area contributed by atoms with Gasteiger partial charge in [0.05, 0.1) is 11.1 Å². The predicted molar refractivity (Wildman–Crippen MR) is 88.1 cm³/mol. The lowest BCUT2D eigenvalue weighted by molar-refractivity contribution is 0.0638. The molecule has 0 bridgehead atoms. The first-order valence-corrected chi connectivity index (χ1v) is 8.17. The van der Waals surface area contributed by atoms with E-state index in [9.17, 15) is 14.4 Å². The lowest BCUT2D eigenvalue weighted by Gasteiger charge is -2.16. The maximum absolute atomic E-state index is 12.4. The highest BCUT2D eigenvalue weighted by Crippen LogP contribution is 2.26. The normalized spacial score (nSPS) is 16.7. The smallest absolute Gasteiger partial charge is 0.321 e. The number of benzene rings is 1. The fourth-order valence-corrected chi connectivity index (χ4v) is 3.06. The summed E-state index contributed by atoms with van der Waals surface area (Å²) in [4.78, 5) is 39.9. The molecule has 0 spiro atoms. The molecule has 24 heavy (non-hydrogen) atoms. The number of amides is 4. The fourth-order valence-electron chi connectivity index (χ4n) is 3.06. The molecule has 7 nitrogen and oxygen atoms in total. The number of hydrogen-bond donors (Lipinski definition) is 1. The topological polar surface area (TPSA) is 79.0 Å². The molecule has 2 aliphatic heterocycles. The number of fused-ring (bicyclic) bond motifs is 1. The van der Waals surface area contributed by atoms with Crippen LogP contribution in [-0.2, 0) is 4.74 Å². The average molecular weight is 331 g/mol. The maximum atomic E-state index is 12.4. The van der Waals surface area contributed by atoms with Gasteiger partial charge in [-0.25, -0.2) is 4.79 Å². The minimum absolute atomic E-state index is 0.166. The second kappa shape index (κ2) is 7.00. The molecule has 7 heteroatoms. The number of methoxy groups -OCH3 is 1. The molecule has 1 saturated heterocycles. The number of carbonyl (C=O) groups is 3. The van der Waals surface area contributed by atoms with Crippen molar-refractivity contribution in [3.63, 3.8) is 0 Å². The standard InChI is InChI=1S/C17H21N3O4/c1-24-10-4-9-20-15(21)13-6-5-12(11-14(13)16(20)22)18-17(23)19-7-2-3-8-19/h5-6,11H,2-4,7-10H2,1H3,(H,18,23). The highest BCUT2D eigenvalue weighted by molar-refractivity contribution is 6.21. The van der Waals surface area contributed by atoms with Crippen molar-refractivity contribution in [2.45, 2.75) is 19.3 Å². The van der Waals surface area contributed by atoms with Crippen molar-refractivity contribution in [1.29, 1.82) is 0 Å². The zero-order chi connectivity index (χ0) is 17.1. The molecule has 0 saturated carbocycles. The van der Waals surface area contributed by atoms with Gasteiger partial charge >= 0.3 is 6.03 Å². The molecule has 1 aromatic carbocycles. The van der Waals surface area contributed by atoms with Gasteiger partial charge in [0.15, 0.2) is 0 Å². The summed E-state index contributed by atoms with van der Waals surface area (Å²) in [5.74, 6) is -0.605. The van der Waals surface area contributed by atoms with E-state index in [0.717, 1.165) is 25.9 Å². The number of urea groups is 1. The van der Waals surface area contributed by atoms with Gasteiger partial charge in [0, 0.05) is 39.0 Å². The molecule has 1 N–H and O–H groups in total. The van der Waals surface area contributed by atoms with Crippen LogP contribution >= 0.6 is 0 Å². The largest absolute Gasteiger partial charge is 0.385 e. The highest BCUT2D eigenvalue weighted by Gasteiger charge is 2.35. The van der Waals surface area contributed by atoms with Gasteiger partial charge in [-0.2, -0.15) is 0 Å². The third-order valence-electron chi connectivity index (χ3n) is 4.35. The Hall–Kier alpha value is -2.41. The first-order valence-electron chi connectivity index (χ1n) is 8.17. The molecule has 128 valence electrons. The van der Waals surface area contributed by atoms with Crippen LogP contribution in [0.4, 0.5) is 10.5 Å². The Morgan fingerprint density at radius 1 is 1.17 bits per heavy atom. The van der Waals surface area contributed by atoms with Gasteiger partial charge < -0.3 is 15.0 Å². The number of nitrogens with zero attached hydrogens (tertiary/aromatic N) is 2. The van der Waals surface area contributed by atoms with Gasteiger partial charge in [0.25, 0.3) is 11.8 Å². The van der Waals surface area contributed by atoms with Crippen LogP contribution < -0.4 is 5.32 Å². The van der Waals surface area contributed by atoms with Gasteiger partial charge in [0.1, 0.15) is 0 Å². The Balaban J connectivity index is 1.71. The van der Waals surface area contributed by atoms with Gasteiger partial charge in [0.2, 0.25) is 0 Å². The van der Waals surface area contributed by atoms with Crippen molar-refractivity contribution < 1.29 is 19.1 Å². The molecule has 0 radical (unpaired) electrons. The molecular formula is C17H21N3O4. The average Bonchev–Trinajstić information content (AvgIpc) is 3.19. The number of likely N-dealkylation sites (tertiary alicyclic amines) is 1. The quantitative estimate of drug-likeness (QED) is 0.661. The number of carbonyl (C=O) groups excluding carboxylic acids is 3. The lowest BCUT2D eigenvalue weighted by atomic mass is 10.1. The van der Waals surface area contributed by atoms with Crippen LogP contribution in [0.5, 0.6) is 0 Å². The molecule has 1 fully saturated rings. The number of rotatable bonds is 5. The molecule has 0 atom stereocenters. The summed E-state index contributed by atoms with van der Waals surface area (Å²) in [6.07, 6.45) is 2.63. The zero-order valence-electron chi connectivity index (χ0n) is 13.7. The predicted octanol–water partition coefficient (Wildman–Crippen LogP) is 1.95. The van der Waals surface area contributed by atoms with Crippen molar-refractivity contribution in [2.24, 2.45) is 0 Å². The first kappa shape index (κ1) is 16.4. The Kier molecular flexibility index (Phi) is 4.80. The molecule has 3 rings (SSSR count). The third kappa shape index (κ3) is 3.12. The first-order chi connectivity index (χ1) is 11.6. The van der Waals surface area contributed by atoms with Crippen LogP contribution in [0.3, 0.4) is 0 Å². The summed E-state index contributed by atoms with van der Waals surface area (Å²) in [5, 5.41) is 2.80. The molecule has 4 amide bonds. The minimum atomic E-state index is -0.316. The Labute approximate surface area is 140 Å². The van der Waals surface area contributed by atoms with E-state index in [1.807, 2.05) is 0 Å². The van der Waals surface area contributed by atoms with E-state index in [1.54, 1.807) is 30.2 Å². The summed E-state index contributed by atoms with van der Waals surface area (Å²) >= 11 is 0. The van der Waals surface area contributed by atoms with E-state index in [1.165, 1.54) is 4.90 Å². The van der Waals surface area contributed by atoms with Crippen LogP contribution in [0.2, 0.25) is 0 Å². The SMILES string of the molecule is COCCCN1C(=O)c2ccc(NC(=O)N3CCCC3)cc2C1=O. The Morgan fingerprint density at radius 3 is 2.58 bits per heavy atom. The van der Waals surface area contributed by atoms with Crippen LogP contribution in [0, 0.1) is 0 Å². The maximum Gasteiger partial charge on any atom is 0.321 e. The van der Waals surface area contributed by atoms with Crippen molar-refractivity contribution >= 4 is 23.5 Å². The second-order valence-corrected chi connectivity index (χ2v) is 5.99. The van der Waals surface area contributed by atoms with E-state index in [2.05, 4.69) is 5.32 Å². The summed E-state index contributed by atoms with van der Waals surface area (Å²) in [6, 6.07) is 4.68. The minimum Gasteiger partial charge on any atom is -0.385 e. The van der Waals surface area contributed by atoms with E-state index in [4.69, 9.17) is 4.74 Å². The summed E-state index contributed by atoms with van der Waals surface area (Å²) < 4.78 is 4.96. The monoisotopic (exact) mass is 331 g/mol. The van der Waals surface area contributed by atoms with Gasteiger partial charge in [-0.05, 0) is 37.5 Å². The van der Waals surface area contributed by atoms with E-state index in [-0.39, 0.29) is 17.8 Å². The molecule has 0 aliphatic carbocycles. The molecule has 1 aromatic rings.